The molecule has 1 N–H and O–H groups in total. The van der Waals surface area contributed by atoms with Crippen molar-refractivity contribution in [1.82, 2.24) is 15.0 Å². The Labute approximate surface area is 121 Å². The molecule has 2 rings (SSSR count). The number of hydrogen-bond acceptors (Lipinski definition) is 6. The summed E-state index contributed by atoms with van der Waals surface area (Å²) < 4.78 is 31.4. The number of aryl methyl sites for hydroxylation is 1. The highest BCUT2D eigenvalue weighted by Crippen LogP contribution is 2.16. The van der Waals surface area contributed by atoms with E-state index in [0.717, 1.165) is 6.20 Å². The van der Waals surface area contributed by atoms with Crippen LogP contribution in [0.1, 0.15) is 5.69 Å². The molecule has 0 unspecified atom stereocenters. The Kier molecular flexibility index (Phi) is 4.05. The van der Waals surface area contributed by atoms with E-state index in [-0.39, 0.29) is 21.9 Å². The highest BCUT2D eigenvalue weighted by Gasteiger charge is 2.17. The van der Waals surface area contributed by atoms with Gasteiger partial charge in [0, 0.05) is 18.0 Å². The van der Waals surface area contributed by atoms with Gasteiger partial charge in [0.15, 0.2) is 0 Å². The fraction of sp³-hybridized carbons (Fsp3) is 0.182. The summed E-state index contributed by atoms with van der Waals surface area (Å²) >= 11 is 5.61. The Balaban J connectivity index is 2.33. The minimum atomic E-state index is -3.82. The van der Waals surface area contributed by atoms with E-state index >= 15 is 0 Å². The lowest BCUT2D eigenvalue weighted by Crippen LogP contribution is -2.15. The van der Waals surface area contributed by atoms with Crippen LogP contribution in [0.15, 0.2) is 29.3 Å². The van der Waals surface area contributed by atoms with Crippen LogP contribution in [0.2, 0.25) is 5.15 Å². The van der Waals surface area contributed by atoms with Gasteiger partial charge in [-0.3, -0.25) is 0 Å². The number of halogens is 1. The van der Waals surface area contributed by atoms with Gasteiger partial charge in [0.1, 0.15) is 10.0 Å². The predicted molar refractivity (Wildman–Crippen MR) is 73.4 cm³/mol. The number of nitrogens with zero attached hydrogens (tertiary/aromatic N) is 3. The third-order valence-corrected chi connectivity index (χ3v) is 3.81. The van der Waals surface area contributed by atoms with E-state index in [4.69, 9.17) is 16.3 Å². The number of sulfonamides is 1. The van der Waals surface area contributed by atoms with Crippen LogP contribution in [0.3, 0.4) is 0 Å². The topological polar surface area (TPSA) is 94.1 Å². The number of ether oxygens (including phenoxy) is 1. The fourth-order valence-corrected chi connectivity index (χ4v) is 2.39. The molecule has 2 heterocycles. The standard InChI is InChI=1S/C11H11ClN4O3S/c1-7-5-10(19-2)15-11(14-7)16-20(17,18)8-3-4-9(12)13-6-8/h3-6H,1-2H3,(H,14,15,16). The van der Waals surface area contributed by atoms with E-state index in [0.29, 0.717) is 5.69 Å². The zero-order valence-corrected chi connectivity index (χ0v) is 12.2. The van der Waals surface area contributed by atoms with Gasteiger partial charge in [-0.1, -0.05) is 11.6 Å². The summed E-state index contributed by atoms with van der Waals surface area (Å²) in [4.78, 5) is 11.6. The molecular weight excluding hydrogens is 304 g/mol. The maximum atomic E-state index is 12.1. The molecule has 2 aromatic heterocycles. The summed E-state index contributed by atoms with van der Waals surface area (Å²) in [7, 11) is -2.39. The first kappa shape index (κ1) is 14.5. The Morgan fingerprint density at radius 1 is 1.30 bits per heavy atom. The number of methoxy groups -OCH3 is 1. The van der Waals surface area contributed by atoms with Crippen molar-refractivity contribution in [2.75, 3.05) is 11.8 Å². The van der Waals surface area contributed by atoms with Crippen LogP contribution in [0, 0.1) is 6.92 Å². The summed E-state index contributed by atoms with van der Waals surface area (Å²) in [6, 6.07) is 4.31. The van der Waals surface area contributed by atoms with E-state index in [9.17, 15) is 8.42 Å². The molecule has 0 aromatic carbocycles. The van der Waals surface area contributed by atoms with Gasteiger partial charge in [-0.25, -0.2) is 23.1 Å². The summed E-state index contributed by atoms with van der Waals surface area (Å²) in [6.07, 6.45) is 1.15. The van der Waals surface area contributed by atoms with Gasteiger partial charge >= 0.3 is 0 Å². The summed E-state index contributed by atoms with van der Waals surface area (Å²) in [5.74, 6) is 0.196. The van der Waals surface area contributed by atoms with Crippen molar-refractivity contribution in [3.63, 3.8) is 0 Å². The van der Waals surface area contributed by atoms with E-state index < -0.39 is 10.0 Å². The molecule has 9 heteroatoms. The van der Waals surface area contributed by atoms with Crippen LogP contribution < -0.4 is 9.46 Å². The molecule has 0 atom stereocenters. The maximum absolute atomic E-state index is 12.1. The molecule has 0 amide bonds. The lowest BCUT2D eigenvalue weighted by Gasteiger charge is -2.08. The molecule has 0 aliphatic rings. The molecule has 7 nitrogen and oxygen atoms in total. The van der Waals surface area contributed by atoms with Crippen molar-refractivity contribution < 1.29 is 13.2 Å². The van der Waals surface area contributed by atoms with E-state index in [1.807, 2.05) is 0 Å². The Hall–Kier alpha value is -1.93. The average Bonchev–Trinajstić information content (AvgIpc) is 2.37. The number of pyridine rings is 1. The van der Waals surface area contributed by atoms with Crippen molar-refractivity contribution in [2.45, 2.75) is 11.8 Å². The second-order valence-corrected chi connectivity index (χ2v) is 5.87. The maximum Gasteiger partial charge on any atom is 0.265 e. The molecule has 0 radical (unpaired) electrons. The van der Waals surface area contributed by atoms with E-state index in [1.54, 1.807) is 13.0 Å². The Morgan fingerprint density at radius 2 is 2.05 bits per heavy atom. The van der Waals surface area contributed by atoms with Crippen LogP contribution in [0.25, 0.3) is 0 Å². The molecule has 2 aromatic rings. The molecule has 20 heavy (non-hydrogen) atoms. The third kappa shape index (κ3) is 3.34. The van der Waals surface area contributed by atoms with Gasteiger partial charge in [-0.05, 0) is 19.1 Å². The number of anilines is 1. The molecule has 0 spiro atoms. The Bertz CT molecular complexity index is 719. The smallest absolute Gasteiger partial charge is 0.265 e. The zero-order chi connectivity index (χ0) is 14.8. The molecule has 0 fully saturated rings. The molecule has 0 saturated carbocycles. The molecule has 0 bridgehead atoms. The number of nitrogens with one attached hydrogen (secondary N) is 1. The SMILES string of the molecule is COc1cc(C)nc(NS(=O)(=O)c2ccc(Cl)nc2)n1. The van der Waals surface area contributed by atoms with Crippen molar-refractivity contribution in [3.05, 3.63) is 35.2 Å². The lowest BCUT2D eigenvalue weighted by atomic mass is 10.4. The minimum absolute atomic E-state index is 0.0361. The van der Waals surface area contributed by atoms with Gasteiger partial charge in [0.2, 0.25) is 11.8 Å². The summed E-state index contributed by atoms with van der Waals surface area (Å²) in [5.41, 5.74) is 0.573. The molecular formula is C11H11ClN4O3S. The first-order chi connectivity index (χ1) is 9.40. The van der Waals surface area contributed by atoms with Crippen LogP contribution in [0.5, 0.6) is 5.88 Å². The van der Waals surface area contributed by atoms with E-state index in [2.05, 4.69) is 19.7 Å². The Morgan fingerprint density at radius 3 is 2.65 bits per heavy atom. The van der Waals surface area contributed by atoms with Gasteiger partial charge < -0.3 is 4.74 Å². The van der Waals surface area contributed by atoms with Crippen LogP contribution in [0.4, 0.5) is 5.95 Å². The minimum Gasteiger partial charge on any atom is -0.481 e. The number of rotatable bonds is 4. The fourth-order valence-electron chi connectivity index (χ4n) is 1.39. The quantitative estimate of drug-likeness (QED) is 0.862. The van der Waals surface area contributed by atoms with E-state index in [1.165, 1.54) is 19.2 Å². The molecule has 106 valence electrons. The summed E-state index contributed by atoms with van der Waals surface area (Å²) in [6.45, 7) is 1.70. The second kappa shape index (κ2) is 5.59. The summed E-state index contributed by atoms with van der Waals surface area (Å²) in [5, 5.41) is 0.206. The van der Waals surface area contributed by atoms with Crippen molar-refractivity contribution >= 4 is 27.6 Å². The molecule has 0 aliphatic heterocycles. The first-order valence-corrected chi connectivity index (χ1v) is 7.31. The van der Waals surface area contributed by atoms with Gasteiger partial charge in [0.05, 0.1) is 7.11 Å². The highest BCUT2D eigenvalue weighted by atomic mass is 35.5. The van der Waals surface area contributed by atoms with Crippen molar-refractivity contribution in [2.24, 2.45) is 0 Å². The van der Waals surface area contributed by atoms with Crippen molar-refractivity contribution in [1.29, 1.82) is 0 Å². The third-order valence-electron chi connectivity index (χ3n) is 2.28. The van der Waals surface area contributed by atoms with Crippen LogP contribution >= 0.6 is 11.6 Å². The van der Waals surface area contributed by atoms with Crippen molar-refractivity contribution in [3.8, 4) is 5.88 Å². The predicted octanol–water partition coefficient (Wildman–Crippen LogP) is 1.64. The zero-order valence-electron chi connectivity index (χ0n) is 10.7. The molecule has 0 saturated heterocycles. The normalized spacial score (nSPS) is 11.2. The van der Waals surface area contributed by atoms with Crippen LogP contribution in [-0.2, 0) is 10.0 Å². The average molecular weight is 315 g/mol. The van der Waals surface area contributed by atoms with Gasteiger partial charge in [0.25, 0.3) is 10.0 Å². The monoisotopic (exact) mass is 314 g/mol. The first-order valence-electron chi connectivity index (χ1n) is 5.45. The van der Waals surface area contributed by atoms with Gasteiger partial charge in [-0.15, -0.1) is 0 Å². The van der Waals surface area contributed by atoms with Crippen LogP contribution in [-0.4, -0.2) is 30.5 Å². The largest absolute Gasteiger partial charge is 0.481 e. The number of hydrogen-bond donors (Lipinski definition) is 1. The lowest BCUT2D eigenvalue weighted by molar-refractivity contribution is 0.397. The highest BCUT2D eigenvalue weighted by molar-refractivity contribution is 7.92. The molecule has 0 aliphatic carbocycles. The van der Waals surface area contributed by atoms with Gasteiger partial charge in [-0.2, -0.15) is 4.98 Å². The number of aromatic nitrogens is 3. The second-order valence-electron chi connectivity index (χ2n) is 3.80.